The number of alkyl halides is 1. The van der Waals surface area contributed by atoms with Crippen molar-refractivity contribution in [3.05, 3.63) is 93.3 Å². The third-order valence-corrected chi connectivity index (χ3v) is 20.0. The molecule has 7 nitrogen and oxygen atoms in total. The molecule has 1 fully saturated rings. The molecule has 1 aromatic heterocycles. The predicted octanol–water partition coefficient (Wildman–Crippen LogP) is 5.90. The largest absolute Gasteiger partial charge is 0.411 e. The van der Waals surface area contributed by atoms with E-state index in [2.05, 4.69) is 131 Å². The van der Waals surface area contributed by atoms with Crippen molar-refractivity contribution in [1.29, 1.82) is 0 Å². The fourth-order valence-electron chi connectivity index (χ4n) is 5.73. The van der Waals surface area contributed by atoms with E-state index in [0.717, 1.165) is 0 Å². The number of nitrogens with zero attached hydrogens (tertiary/aromatic N) is 1. The predicted molar refractivity (Wildman–Crippen MR) is 188 cm³/mol. The highest BCUT2D eigenvalue weighted by atomic mass is 127. The van der Waals surface area contributed by atoms with Crippen molar-refractivity contribution in [2.75, 3.05) is 11.0 Å². The van der Waals surface area contributed by atoms with Crippen LogP contribution in [0.5, 0.6) is 0 Å². The van der Waals surface area contributed by atoms with Crippen LogP contribution in [0.15, 0.2) is 76.4 Å². The summed E-state index contributed by atoms with van der Waals surface area (Å²) in [5, 5.41) is 2.16. The van der Waals surface area contributed by atoms with Gasteiger partial charge in [-0.1, -0.05) is 125 Å². The summed E-state index contributed by atoms with van der Waals surface area (Å²) >= 11 is 2.38. The summed E-state index contributed by atoms with van der Waals surface area (Å²) in [6.45, 7) is 20.0. The van der Waals surface area contributed by atoms with E-state index in [9.17, 15) is 9.59 Å². The van der Waals surface area contributed by atoms with Gasteiger partial charge in [-0.15, -0.1) is 0 Å². The van der Waals surface area contributed by atoms with Gasteiger partial charge < -0.3 is 13.6 Å². The summed E-state index contributed by atoms with van der Waals surface area (Å²) in [5.74, 6) is 0. The van der Waals surface area contributed by atoms with Gasteiger partial charge in [0.1, 0.15) is 11.8 Å². The van der Waals surface area contributed by atoms with Gasteiger partial charge in [0.15, 0.2) is 8.32 Å². The van der Waals surface area contributed by atoms with Crippen molar-refractivity contribution < 1.29 is 13.6 Å². The zero-order chi connectivity index (χ0) is 31.8. The van der Waals surface area contributed by atoms with Crippen molar-refractivity contribution in [3.63, 3.8) is 0 Å². The monoisotopic (exact) mass is 734 g/mol. The van der Waals surface area contributed by atoms with Gasteiger partial charge in [0, 0.05) is 22.6 Å². The maximum absolute atomic E-state index is 13.0. The van der Waals surface area contributed by atoms with Gasteiger partial charge in [0.05, 0.1) is 12.7 Å². The fraction of sp³-hybridized carbons (Fsp3) is 0.515. The van der Waals surface area contributed by atoms with E-state index in [1.165, 1.54) is 14.9 Å². The summed E-state index contributed by atoms with van der Waals surface area (Å²) in [6, 6.07) is 21.2. The van der Waals surface area contributed by atoms with E-state index in [-0.39, 0.29) is 21.7 Å². The molecular formula is C33H47IN2O5Si2. The molecule has 0 aliphatic carbocycles. The third-order valence-electron chi connectivity index (χ3n) is 9.25. The maximum atomic E-state index is 13.0. The molecule has 1 N–H and O–H groups in total. The van der Waals surface area contributed by atoms with Crippen LogP contribution in [0.1, 0.15) is 59.8 Å². The van der Waals surface area contributed by atoms with Crippen molar-refractivity contribution >= 4 is 49.6 Å². The summed E-state index contributed by atoms with van der Waals surface area (Å²) in [7, 11) is -5.13. The minimum Gasteiger partial charge on any atom is -0.411 e. The Labute approximate surface area is 271 Å². The van der Waals surface area contributed by atoms with Crippen LogP contribution in [0.3, 0.4) is 0 Å². The van der Waals surface area contributed by atoms with E-state index in [1.54, 1.807) is 13.1 Å². The van der Waals surface area contributed by atoms with Gasteiger partial charge in [-0.2, -0.15) is 0 Å². The lowest BCUT2D eigenvalue weighted by Crippen LogP contribution is -2.68. The first-order valence-corrected chi connectivity index (χ1v) is 21.3. The van der Waals surface area contributed by atoms with Crippen LogP contribution in [0, 0.1) is 6.92 Å². The molecule has 0 saturated carbocycles. The lowest BCUT2D eigenvalue weighted by molar-refractivity contribution is -0.106. The van der Waals surface area contributed by atoms with E-state index in [4.69, 9.17) is 13.6 Å². The Morgan fingerprint density at radius 1 is 0.953 bits per heavy atom. The van der Waals surface area contributed by atoms with Crippen LogP contribution in [-0.2, 0) is 13.6 Å². The highest BCUT2D eigenvalue weighted by molar-refractivity contribution is 14.1. The zero-order valence-electron chi connectivity index (χ0n) is 27.0. The van der Waals surface area contributed by atoms with Gasteiger partial charge in [-0.05, 0) is 40.5 Å². The standard InChI is InChI=1S/C33H47IN2O5Si2/c1-24-21-36(30(38)35-29(24)37)28-20-27(41-42(8,9)31(2,3)4)33(22-34,40-28)23-39-43(32(5,6)7,25-16-12-10-13-17-25)26-18-14-11-15-19-26/h10-19,21,27-28H,20,22-23H2,1-9H3,(H,35,37,38)/t27-,28+,33+/m0/s1. The molecule has 1 aliphatic rings. The van der Waals surface area contributed by atoms with Gasteiger partial charge in [-0.25, -0.2) is 4.79 Å². The molecule has 10 heteroatoms. The average Bonchev–Trinajstić information content (AvgIpc) is 3.28. The zero-order valence-corrected chi connectivity index (χ0v) is 31.2. The Balaban J connectivity index is 1.85. The van der Waals surface area contributed by atoms with Crippen molar-refractivity contribution in [3.8, 4) is 0 Å². The second-order valence-corrected chi connectivity index (χ2v) is 24.1. The van der Waals surface area contributed by atoms with Crippen LogP contribution < -0.4 is 21.6 Å². The first kappa shape index (κ1) is 34.0. The Hall–Kier alpha value is -1.84. The molecule has 0 bridgehead atoms. The van der Waals surface area contributed by atoms with Crippen LogP contribution in [0.4, 0.5) is 0 Å². The molecule has 0 amide bonds. The number of hydrogen-bond acceptors (Lipinski definition) is 5. The molecule has 2 heterocycles. The first-order chi connectivity index (χ1) is 20.0. The SMILES string of the molecule is Cc1cn([C@H]2C[C@H](O[Si](C)(C)C(C)(C)C)[C@@](CI)(CO[Si](c3ccccc3)(c3ccccc3)C(C)(C)C)O2)c(=O)[nH]c1=O. The van der Waals surface area contributed by atoms with E-state index < -0.39 is 34.2 Å². The Morgan fingerprint density at radius 2 is 1.49 bits per heavy atom. The molecule has 234 valence electrons. The molecule has 2 aromatic carbocycles. The molecule has 4 rings (SSSR count). The fourth-order valence-corrected chi connectivity index (χ4v) is 12.6. The molecule has 0 unspecified atom stereocenters. The minimum absolute atomic E-state index is 0.0215. The quantitative estimate of drug-likeness (QED) is 0.168. The van der Waals surface area contributed by atoms with Gasteiger partial charge in [-0.3, -0.25) is 14.3 Å². The van der Waals surface area contributed by atoms with Crippen LogP contribution in [0.25, 0.3) is 0 Å². The number of ether oxygens (including phenoxy) is 1. The number of aromatic amines is 1. The molecule has 3 aromatic rings. The molecule has 0 radical (unpaired) electrons. The number of rotatable bonds is 9. The molecule has 0 spiro atoms. The number of H-pyrrole nitrogens is 1. The topological polar surface area (TPSA) is 82.6 Å². The smallest absolute Gasteiger partial charge is 0.330 e. The molecule has 1 saturated heterocycles. The van der Waals surface area contributed by atoms with Crippen LogP contribution >= 0.6 is 22.6 Å². The van der Waals surface area contributed by atoms with Gasteiger partial charge in [0.2, 0.25) is 0 Å². The lowest BCUT2D eigenvalue weighted by Gasteiger charge is -2.47. The van der Waals surface area contributed by atoms with Crippen LogP contribution in [0.2, 0.25) is 23.2 Å². The second-order valence-electron chi connectivity index (χ2n) is 14.3. The first-order valence-electron chi connectivity index (χ1n) is 15.0. The van der Waals surface area contributed by atoms with E-state index in [0.29, 0.717) is 23.0 Å². The van der Waals surface area contributed by atoms with Gasteiger partial charge >= 0.3 is 5.69 Å². The Morgan fingerprint density at radius 3 is 1.95 bits per heavy atom. The van der Waals surface area contributed by atoms with Crippen LogP contribution in [-0.4, -0.2) is 48.9 Å². The molecule has 1 aliphatic heterocycles. The van der Waals surface area contributed by atoms with Crippen molar-refractivity contribution in [2.45, 2.75) is 96.0 Å². The molecule has 3 atom stereocenters. The average molecular weight is 735 g/mol. The Bertz CT molecular complexity index is 1470. The maximum Gasteiger partial charge on any atom is 0.330 e. The number of hydrogen-bond donors (Lipinski definition) is 1. The number of benzene rings is 2. The second kappa shape index (κ2) is 12.5. The molecule has 43 heavy (non-hydrogen) atoms. The van der Waals surface area contributed by atoms with E-state index >= 15 is 0 Å². The summed E-state index contributed by atoms with van der Waals surface area (Å²) in [6.07, 6.45) is 1.16. The number of aromatic nitrogens is 2. The highest BCUT2D eigenvalue weighted by Crippen LogP contribution is 2.46. The number of nitrogens with one attached hydrogen (secondary N) is 1. The lowest BCUT2D eigenvalue weighted by atomic mass is 10.0. The van der Waals surface area contributed by atoms with Crippen molar-refractivity contribution in [2.24, 2.45) is 0 Å². The summed E-state index contributed by atoms with van der Waals surface area (Å²) in [4.78, 5) is 27.7. The number of halogens is 1. The number of aryl methyl sites for hydroxylation is 1. The third kappa shape index (κ3) is 6.60. The Kier molecular flexibility index (Phi) is 9.91. The summed E-state index contributed by atoms with van der Waals surface area (Å²) in [5.41, 5.74) is -1.23. The normalized spacial score (nSPS) is 21.7. The summed E-state index contributed by atoms with van der Waals surface area (Å²) < 4.78 is 23.6. The van der Waals surface area contributed by atoms with E-state index in [1.807, 2.05) is 12.1 Å². The van der Waals surface area contributed by atoms with Crippen molar-refractivity contribution in [1.82, 2.24) is 9.55 Å². The molecular weight excluding hydrogens is 687 g/mol. The highest BCUT2D eigenvalue weighted by Gasteiger charge is 2.57. The van der Waals surface area contributed by atoms with Gasteiger partial charge in [0.25, 0.3) is 13.9 Å². The minimum atomic E-state index is -2.88.